The van der Waals surface area contributed by atoms with E-state index in [1.54, 1.807) is 20.8 Å². The van der Waals surface area contributed by atoms with Crippen LogP contribution in [0.1, 0.15) is 27.7 Å². The van der Waals surface area contributed by atoms with Crippen LogP contribution in [0.4, 0.5) is 9.59 Å². The van der Waals surface area contributed by atoms with E-state index in [1.165, 1.54) is 12.0 Å². The fourth-order valence-electron chi connectivity index (χ4n) is 2.35. The molecule has 2 aliphatic heterocycles. The molecule has 0 radical (unpaired) electrons. The molecule has 2 N–H and O–H groups in total. The predicted molar refractivity (Wildman–Crippen MR) is 80.4 cm³/mol. The molecule has 0 saturated heterocycles. The molecule has 8 heteroatoms. The summed E-state index contributed by atoms with van der Waals surface area (Å²) >= 11 is 0. The maximum Gasteiger partial charge on any atom is 0.414 e. The van der Waals surface area contributed by atoms with E-state index in [0.717, 1.165) is 5.57 Å². The number of methoxy groups -OCH3 is 1. The molecule has 0 bridgehead atoms. The Balaban J connectivity index is 2.08. The van der Waals surface area contributed by atoms with Crippen LogP contribution >= 0.6 is 0 Å². The molecule has 0 aromatic carbocycles. The van der Waals surface area contributed by atoms with Crippen LogP contribution in [0.2, 0.25) is 0 Å². The Kier molecular flexibility index (Phi) is 4.30. The average Bonchev–Trinajstić information content (AvgIpc) is 2.76. The van der Waals surface area contributed by atoms with Crippen molar-refractivity contribution < 1.29 is 19.1 Å². The van der Waals surface area contributed by atoms with Gasteiger partial charge in [-0.1, -0.05) is 11.6 Å². The lowest BCUT2D eigenvalue weighted by Gasteiger charge is -2.32. The topological polar surface area (TPSA) is 92.3 Å². The molecule has 0 fully saturated rings. The van der Waals surface area contributed by atoms with E-state index >= 15 is 0 Å². The van der Waals surface area contributed by atoms with Crippen LogP contribution in [0.3, 0.4) is 0 Å². The maximum atomic E-state index is 11.8. The second-order valence-corrected chi connectivity index (χ2v) is 6.30. The molecule has 2 heterocycles. The number of amides is 2. The number of fused-ring (bicyclic) bond motifs is 1. The zero-order chi connectivity index (χ0) is 16.5. The highest BCUT2D eigenvalue weighted by Gasteiger charge is 2.39. The number of alkyl carbamates (subject to hydrolysis) is 1. The first-order valence-electron chi connectivity index (χ1n) is 7.06. The van der Waals surface area contributed by atoms with Crippen LogP contribution in [0, 0.1) is 0 Å². The summed E-state index contributed by atoms with van der Waals surface area (Å²) in [5.41, 5.74) is 0.428. The Labute approximate surface area is 129 Å². The van der Waals surface area contributed by atoms with Crippen molar-refractivity contribution in [1.29, 1.82) is 0 Å². The number of carbonyl (C=O) groups is 2. The molecule has 0 aliphatic carbocycles. The zero-order valence-electron chi connectivity index (χ0n) is 13.5. The molecule has 8 nitrogen and oxygen atoms in total. The Hall–Kier alpha value is -2.25. The lowest BCUT2D eigenvalue weighted by Crippen LogP contribution is -2.51. The molecule has 0 aromatic heterocycles. The van der Waals surface area contributed by atoms with Gasteiger partial charge in [0.05, 0.1) is 13.2 Å². The van der Waals surface area contributed by atoms with Crippen LogP contribution in [-0.2, 0) is 9.47 Å². The van der Waals surface area contributed by atoms with Crippen LogP contribution < -0.4 is 10.6 Å². The first-order chi connectivity index (χ1) is 10.2. The molecule has 2 aliphatic rings. The lowest BCUT2D eigenvalue weighted by atomic mass is 10.1. The maximum absolute atomic E-state index is 11.8. The highest BCUT2D eigenvalue weighted by atomic mass is 16.6. The molecule has 122 valence electrons. The van der Waals surface area contributed by atoms with Crippen molar-refractivity contribution in [3.63, 3.8) is 0 Å². The largest absolute Gasteiger partial charge is 0.453 e. The molecule has 0 spiro atoms. The summed E-state index contributed by atoms with van der Waals surface area (Å²) in [6.45, 7) is 7.70. The average molecular weight is 310 g/mol. The number of carbonyl (C=O) groups excluding carboxylic acids is 2. The first-order valence-corrected chi connectivity index (χ1v) is 7.06. The van der Waals surface area contributed by atoms with Gasteiger partial charge in [-0.05, 0) is 27.7 Å². The zero-order valence-corrected chi connectivity index (χ0v) is 13.5. The Morgan fingerprint density at radius 2 is 2.14 bits per heavy atom. The summed E-state index contributed by atoms with van der Waals surface area (Å²) < 4.78 is 9.96. The molecule has 2 atom stereocenters. The van der Waals surface area contributed by atoms with Gasteiger partial charge in [0, 0.05) is 6.54 Å². The molecule has 2 amide bonds. The van der Waals surface area contributed by atoms with Crippen molar-refractivity contribution in [2.75, 3.05) is 13.7 Å². The van der Waals surface area contributed by atoms with Gasteiger partial charge in [-0.15, -0.1) is 0 Å². The molecule has 0 aromatic rings. The third-order valence-electron chi connectivity index (χ3n) is 3.12. The number of nitrogens with zero attached hydrogens (tertiary/aromatic N) is 2. The standard InChI is InChI=1S/C14H22N4O4/c1-8-6-9-10(18(7-8)13(20)21-5)16-11(15-9)17-12(19)22-14(2,3)4/h6,9-10H,7H2,1-5H3,(H2,15,16,17,19). The van der Waals surface area contributed by atoms with Gasteiger partial charge in [-0.25, -0.2) is 14.6 Å². The quantitative estimate of drug-likeness (QED) is 0.656. The highest BCUT2D eigenvalue weighted by Crippen LogP contribution is 2.22. The molecular weight excluding hydrogens is 288 g/mol. The van der Waals surface area contributed by atoms with Crippen molar-refractivity contribution in [1.82, 2.24) is 15.5 Å². The molecule has 22 heavy (non-hydrogen) atoms. The third kappa shape index (κ3) is 3.69. The number of ether oxygens (including phenoxy) is 2. The number of hydrogen-bond donors (Lipinski definition) is 2. The summed E-state index contributed by atoms with van der Waals surface area (Å²) in [5.74, 6) is 0.282. The third-order valence-corrected chi connectivity index (χ3v) is 3.12. The summed E-state index contributed by atoms with van der Waals surface area (Å²) in [6, 6.07) is -0.196. The van der Waals surface area contributed by atoms with Crippen LogP contribution in [0.5, 0.6) is 0 Å². The van der Waals surface area contributed by atoms with E-state index in [0.29, 0.717) is 6.54 Å². The van der Waals surface area contributed by atoms with Crippen LogP contribution in [0.15, 0.2) is 16.6 Å². The molecule has 2 unspecified atom stereocenters. The number of nitrogens with one attached hydrogen (secondary N) is 2. The smallest absolute Gasteiger partial charge is 0.414 e. The van der Waals surface area contributed by atoms with Crippen molar-refractivity contribution in [2.24, 2.45) is 4.99 Å². The summed E-state index contributed by atoms with van der Waals surface area (Å²) in [4.78, 5) is 29.5. The van der Waals surface area contributed by atoms with E-state index in [9.17, 15) is 9.59 Å². The van der Waals surface area contributed by atoms with E-state index in [1.807, 2.05) is 13.0 Å². The van der Waals surface area contributed by atoms with Crippen molar-refractivity contribution in [2.45, 2.75) is 45.5 Å². The van der Waals surface area contributed by atoms with Crippen molar-refractivity contribution >= 4 is 18.1 Å². The van der Waals surface area contributed by atoms with E-state index < -0.39 is 24.0 Å². The van der Waals surface area contributed by atoms with E-state index in [2.05, 4.69) is 15.6 Å². The second kappa shape index (κ2) is 5.86. The van der Waals surface area contributed by atoms with Gasteiger partial charge in [0.25, 0.3) is 0 Å². The number of guanidine groups is 1. The van der Waals surface area contributed by atoms with E-state index in [-0.39, 0.29) is 12.0 Å². The second-order valence-electron chi connectivity index (χ2n) is 6.30. The monoisotopic (exact) mass is 310 g/mol. The lowest BCUT2D eigenvalue weighted by molar-refractivity contribution is 0.0561. The minimum Gasteiger partial charge on any atom is -0.453 e. The van der Waals surface area contributed by atoms with Crippen molar-refractivity contribution in [3.05, 3.63) is 11.6 Å². The van der Waals surface area contributed by atoms with Crippen LogP contribution in [-0.4, -0.2) is 54.5 Å². The minimum atomic E-state index is -0.595. The van der Waals surface area contributed by atoms with Gasteiger partial charge < -0.3 is 14.8 Å². The number of aliphatic imine (C=N–C) groups is 1. The Morgan fingerprint density at radius 3 is 2.73 bits per heavy atom. The fraction of sp³-hybridized carbons (Fsp3) is 0.643. The Bertz CT molecular complexity index is 535. The SMILES string of the molecule is COC(=O)N1CC(C)=CC2NC(NC(=O)OC(C)(C)C)=NC21. The highest BCUT2D eigenvalue weighted by molar-refractivity contribution is 5.95. The van der Waals surface area contributed by atoms with Gasteiger partial charge in [-0.2, -0.15) is 0 Å². The first kappa shape index (κ1) is 16.1. The fourth-order valence-corrected chi connectivity index (χ4v) is 2.35. The van der Waals surface area contributed by atoms with Crippen molar-refractivity contribution in [3.8, 4) is 0 Å². The Morgan fingerprint density at radius 1 is 1.45 bits per heavy atom. The van der Waals surface area contributed by atoms with Crippen LogP contribution in [0.25, 0.3) is 0 Å². The van der Waals surface area contributed by atoms with Gasteiger partial charge >= 0.3 is 12.2 Å². The van der Waals surface area contributed by atoms with E-state index in [4.69, 9.17) is 9.47 Å². The van der Waals surface area contributed by atoms with Gasteiger partial charge in [-0.3, -0.25) is 10.2 Å². The molecule has 2 rings (SSSR count). The summed E-state index contributed by atoms with van der Waals surface area (Å²) in [6.07, 6.45) is 0.493. The van der Waals surface area contributed by atoms with Gasteiger partial charge in [0.1, 0.15) is 5.60 Å². The summed E-state index contributed by atoms with van der Waals surface area (Å²) in [7, 11) is 1.33. The normalized spacial score (nSPS) is 23.8. The van der Waals surface area contributed by atoms with Gasteiger partial charge in [0.15, 0.2) is 6.17 Å². The molecular formula is C14H22N4O4. The number of rotatable bonds is 0. The van der Waals surface area contributed by atoms with Gasteiger partial charge in [0.2, 0.25) is 5.96 Å². The number of hydrogen-bond acceptors (Lipinski definition) is 6. The summed E-state index contributed by atoms with van der Waals surface area (Å²) in [5, 5.41) is 5.61. The predicted octanol–water partition coefficient (Wildman–Crippen LogP) is 1.19. The minimum absolute atomic E-state index is 0.196. The molecule has 0 saturated carbocycles.